The van der Waals surface area contributed by atoms with Crippen LogP contribution in [0.5, 0.6) is 0 Å². The smallest absolute Gasteiger partial charge is 0.408 e. The number of aryl methyl sites for hydroxylation is 1. The van der Waals surface area contributed by atoms with Gasteiger partial charge in [0.2, 0.25) is 0 Å². The van der Waals surface area contributed by atoms with Crippen molar-refractivity contribution in [1.82, 2.24) is 9.72 Å². The summed E-state index contributed by atoms with van der Waals surface area (Å²) in [5, 5.41) is 2.85. The summed E-state index contributed by atoms with van der Waals surface area (Å²) >= 11 is 0. The highest BCUT2D eigenvalue weighted by atomic mass is 19.1. The Morgan fingerprint density at radius 1 is 1.28 bits per heavy atom. The number of carbonyl (C=O) groups is 2. The van der Waals surface area contributed by atoms with E-state index in [1.807, 2.05) is 0 Å². The summed E-state index contributed by atoms with van der Waals surface area (Å²) in [6.07, 6.45) is 3.54. The molecule has 8 heteroatoms. The summed E-state index contributed by atoms with van der Waals surface area (Å²) in [5.74, 6) is -1.11. The third-order valence-corrected chi connectivity index (χ3v) is 5.96. The third kappa shape index (κ3) is 3.98. The maximum atomic E-state index is 15.4. The number of amides is 1. The van der Waals surface area contributed by atoms with Crippen molar-refractivity contribution in [3.05, 3.63) is 50.7 Å². The number of nitrogens with one attached hydrogen (secondary N) is 1. The van der Waals surface area contributed by atoms with Gasteiger partial charge in [0.15, 0.2) is 0 Å². The molecule has 1 N–H and O–H groups in total. The zero-order valence-electron chi connectivity index (χ0n) is 19.1. The molecule has 1 amide bonds. The Morgan fingerprint density at radius 2 is 1.94 bits per heavy atom. The summed E-state index contributed by atoms with van der Waals surface area (Å²) in [6, 6.07) is 1.60. The van der Waals surface area contributed by atoms with Gasteiger partial charge in [0.1, 0.15) is 17.0 Å². The SMILES string of the molecule is CCOC(=O)c1cc(C2CC2)c2c(C)c(C3(NC(=O)OC(C)(C)C)CC3)c(F)cn2c1=O. The topological polar surface area (TPSA) is 86.1 Å². The highest BCUT2D eigenvalue weighted by Crippen LogP contribution is 2.50. The van der Waals surface area contributed by atoms with E-state index in [1.165, 1.54) is 4.40 Å². The van der Waals surface area contributed by atoms with E-state index in [-0.39, 0.29) is 18.1 Å². The molecule has 0 atom stereocenters. The van der Waals surface area contributed by atoms with Crippen LogP contribution >= 0.6 is 0 Å². The van der Waals surface area contributed by atoms with E-state index in [4.69, 9.17) is 9.47 Å². The summed E-state index contributed by atoms with van der Waals surface area (Å²) < 4.78 is 27.1. The largest absolute Gasteiger partial charge is 0.462 e. The van der Waals surface area contributed by atoms with Crippen LogP contribution in [0.1, 0.15) is 86.3 Å². The lowest BCUT2D eigenvalue weighted by molar-refractivity contribution is 0.0490. The maximum absolute atomic E-state index is 15.4. The van der Waals surface area contributed by atoms with E-state index in [0.29, 0.717) is 29.5 Å². The van der Waals surface area contributed by atoms with E-state index in [2.05, 4.69) is 5.32 Å². The van der Waals surface area contributed by atoms with Gasteiger partial charge < -0.3 is 14.8 Å². The first-order valence-corrected chi connectivity index (χ1v) is 11.0. The first-order chi connectivity index (χ1) is 15.0. The molecule has 0 spiro atoms. The molecule has 0 unspecified atom stereocenters. The lowest BCUT2D eigenvalue weighted by Crippen LogP contribution is -2.40. The average molecular weight is 445 g/mol. The number of hydrogen-bond donors (Lipinski definition) is 1. The fraction of sp³-hybridized carbons (Fsp3) is 0.542. The second-order valence-corrected chi connectivity index (χ2v) is 9.72. The predicted octanol–water partition coefficient (Wildman–Crippen LogP) is 4.31. The lowest BCUT2D eigenvalue weighted by Gasteiger charge is -2.26. The second kappa shape index (κ2) is 7.60. The molecule has 7 nitrogen and oxygen atoms in total. The Kier molecular flexibility index (Phi) is 5.30. The minimum Gasteiger partial charge on any atom is -0.462 e. The molecule has 2 aromatic rings. The van der Waals surface area contributed by atoms with Crippen LogP contribution in [-0.2, 0) is 15.0 Å². The molecule has 2 fully saturated rings. The molecule has 0 aliphatic heterocycles. The molecule has 0 saturated heterocycles. The van der Waals surface area contributed by atoms with Gasteiger partial charge in [0.25, 0.3) is 5.56 Å². The molecule has 0 aromatic carbocycles. The van der Waals surface area contributed by atoms with E-state index < -0.39 is 34.6 Å². The van der Waals surface area contributed by atoms with Gasteiger partial charge in [-0.05, 0) is 83.4 Å². The predicted molar refractivity (Wildman–Crippen MR) is 117 cm³/mol. The zero-order valence-corrected chi connectivity index (χ0v) is 19.1. The molecule has 0 bridgehead atoms. The molecule has 2 aliphatic rings. The standard InChI is InChI=1S/C24H29FN2O5/c1-6-31-21(29)16-11-15(14-7-8-14)19-13(2)18(17(25)12-27(19)20(16)28)24(9-10-24)26-22(30)32-23(3,4)5/h11-12,14H,6-10H2,1-5H3,(H,26,30). The van der Waals surface area contributed by atoms with Crippen LogP contribution < -0.4 is 10.9 Å². The average Bonchev–Trinajstić information content (AvgIpc) is 3.57. The number of pyridine rings is 2. The van der Waals surface area contributed by atoms with Gasteiger partial charge in [-0.15, -0.1) is 0 Å². The first-order valence-electron chi connectivity index (χ1n) is 11.0. The number of ether oxygens (including phenoxy) is 2. The quantitative estimate of drug-likeness (QED) is 0.695. The number of esters is 1. The number of alkyl carbamates (subject to hydrolysis) is 1. The minimum atomic E-state index is -0.866. The molecule has 2 aliphatic carbocycles. The van der Waals surface area contributed by atoms with Crippen molar-refractivity contribution >= 4 is 17.6 Å². The Balaban J connectivity index is 1.86. The normalized spacial score (nSPS) is 17.2. The van der Waals surface area contributed by atoms with Crippen LogP contribution in [0.25, 0.3) is 5.52 Å². The number of rotatable bonds is 5. The van der Waals surface area contributed by atoms with Crippen LogP contribution in [-0.4, -0.2) is 28.7 Å². The highest BCUT2D eigenvalue weighted by Gasteiger charge is 2.50. The fourth-order valence-corrected chi connectivity index (χ4v) is 4.36. The van der Waals surface area contributed by atoms with Crippen LogP contribution in [0, 0.1) is 12.7 Å². The van der Waals surface area contributed by atoms with Crippen LogP contribution in [0.2, 0.25) is 0 Å². The molecular formula is C24H29FN2O5. The molecule has 2 aromatic heterocycles. The lowest BCUT2D eigenvalue weighted by atomic mass is 9.95. The van der Waals surface area contributed by atoms with Crippen molar-refractivity contribution in [1.29, 1.82) is 0 Å². The molecule has 0 radical (unpaired) electrons. The number of hydrogen-bond acceptors (Lipinski definition) is 5. The van der Waals surface area contributed by atoms with Crippen LogP contribution in [0.3, 0.4) is 0 Å². The molecule has 172 valence electrons. The summed E-state index contributed by atoms with van der Waals surface area (Å²) in [4.78, 5) is 37.8. The Bertz CT molecular complexity index is 1170. The van der Waals surface area contributed by atoms with Crippen molar-refractivity contribution in [3.63, 3.8) is 0 Å². The van der Waals surface area contributed by atoms with Crippen molar-refractivity contribution in [2.45, 2.75) is 77.4 Å². The van der Waals surface area contributed by atoms with Gasteiger partial charge in [0.05, 0.1) is 17.7 Å². The minimum absolute atomic E-state index is 0.0918. The first kappa shape index (κ1) is 22.3. The Hall–Kier alpha value is -2.90. The monoisotopic (exact) mass is 444 g/mol. The van der Waals surface area contributed by atoms with Crippen molar-refractivity contribution in [2.75, 3.05) is 6.61 Å². The van der Waals surface area contributed by atoms with Gasteiger partial charge in [-0.25, -0.2) is 14.0 Å². The van der Waals surface area contributed by atoms with E-state index in [1.54, 1.807) is 40.7 Å². The fourth-order valence-electron chi connectivity index (χ4n) is 4.36. The van der Waals surface area contributed by atoms with Crippen molar-refractivity contribution in [2.24, 2.45) is 0 Å². The molecule has 2 heterocycles. The molecular weight excluding hydrogens is 415 g/mol. The number of fused-ring (bicyclic) bond motifs is 1. The Morgan fingerprint density at radius 3 is 2.47 bits per heavy atom. The second-order valence-electron chi connectivity index (χ2n) is 9.72. The van der Waals surface area contributed by atoms with E-state index in [0.717, 1.165) is 24.6 Å². The maximum Gasteiger partial charge on any atom is 0.408 e. The van der Waals surface area contributed by atoms with Crippen molar-refractivity contribution < 1.29 is 23.5 Å². The number of halogens is 1. The number of aromatic nitrogens is 1. The number of carbonyl (C=O) groups excluding carboxylic acids is 2. The van der Waals surface area contributed by atoms with Gasteiger partial charge >= 0.3 is 12.1 Å². The molecule has 32 heavy (non-hydrogen) atoms. The summed E-state index contributed by atoms with van der Waals surface area (Å²) in [7, 11) is 0. The number of nitrogens with zero attached hydrogens (tertiary/aromatic N) is 1. The van der Waals surface area contributed by atoms with Gasteiger partial charge in [-0.1, -0.05) is 0 Å². The molecule has 4 rings (SSSR count). The summed E-state index contributed by atoms with van der Waals surface area (Å²) in [6.45, 7) is 8.88. The molecule has 2 saturated carbocycles. The third-order valence-electron chi connectivity index (χ3n) is 5.96. The highest BCUT2D eigenvalue weighted by molar-refractivity contribution is 5.90. The van der Waals surface area contributed by atoms with Crippen molar-refractivity contribution in [3.8, 4) is 0 Å². The van der Waals surface area contributed by atoms with E-state index in [9.17, 15) is 14.4 Å². The Labute approximate surface area is 185 Å². The van der Waals surface area contributed by atoms with Gasteiger partial charge in [-0.3, -0.25) is 9.20 Å². The van der Waals surface area contributed by atoms with Crippen LogP contribution in [0.4, 0.5) is 9.18 Å². The van der Waals surface area contributed by atoms with E-state index >= 15 is 4.39 Å². The summed E-state index contributed by atoms with van der Waals surface area (Å²) in [5.41, 5.74) is 0.148. The zero-order chi connectivity index (χ0) is 23.4. The van der Waals surface area contributed by atoms with Gasteiger partial charge in [-0.2, -0.15) is 0 Å². The van der Waals surface area contributed by atoms with Crippen LogP contribution in [0.15, 0.2) is 17.1 Å². The van der Waals surface area contributed by atoms with Gasteiger partial charge in [0, 0.05) is 11.8 Å².